The molecular weight excluding hydrogens is 264 g/mol. The van der Waals surface area contributed by atoms with Gasteiger partial charge in [-0.05, 0) is 29.8 Å². The fourth-order valence-corrected chi connectivity index (χ4v) is 2.10. The fraction of sp³-hybridized carbons (Fsp3) is 0.200. The van der Waals surface area contributed by atoms with Crippen LogP contribution in [0.25, 0.3) is 0 Å². The highest BCUT2D eigenvalue weighted by atomic mass is 19.2. The summed E-state index contributed by atoms with van der Waals surface area (Å²) < 4.78 is 36.8. The molecular formula is C15H13F2NO2. The highest BCUT2D eigenvalue weighted by Crippen LogP contribution is 2.34. The van der Waals surface area contributed by atoms with Crippen molar-refractivity contribution in [2.75, 3.05) is 6.61 Å². The Kier molecular flexibility index (Phi) is 3.28. The number of hydrogen-bond donors (Lipinski definition) is 1. The van der Waals surface area contributed by atoms with E-state index in [4.69, 9.17) is 15.2 Å². The van der Waals surface area contributed by atoms with E-state index in [-0.39, 0.29) is 12.6 Å². The van der Waals surface area contributed by atoms with E-state index in [1.807, 2.05) is 6.07 Å². The first-order chi connectivity index (χ1) is 9.63. The summed E-state index contributed by atoms with van der Waals surface area (Å²) in [7, 11) is 0. The monoisotopic (exact) mass is 277 g/mol. The van der Waals surface area contributed by atoms with Crippen molar-refractivity contribution in [3.05, 3.63) is 59.2 Å². The fourth-order valence-electron chi connectivity index (χ4n) is 2.10. The minimum absolute atomic E-state index is 0.106. The molecule has 1 aliphatic heterocycles. The molecule has 2 N–H and O–H groups in total. The van der Waals surface area contributed by atoms with Crippen LogP contribution >= 0.6 is 0 Å². The molecule has 3 nitrogen and oxygen atoms in total. The van der Waals surface area contributed by atoms with Gasteiger partial charge in [0.25, 0.3) is 0 Å². The summed E-state index contributed by atoms with van der Waals surface area (Å²) in [4.78, 5) is 0. The van der Waals surface area contributed by atoms with Crippen molar-refractivity contribution in [1.82, 2.24) is 0 Å². The molecule has 0 bridgehead atoms. The van der Waals surface area contributed by atoms with Crippen LogP contribution in [0.15, 0.2) is 36.4 Å². The Bertz CT molecular complexity index is 646. The smallest absolute Gasteiger partial charge is 0.159 e. The molecule has 1 heterocycles. The highest BCUT2D eigenvalue weighted by molar-refractivity contribution is 5.44. The van der Waals surface area contributed by atoms with Gasteiger partial charge in [0.15, 0.2) is 11.6 Å². The van der Waals surface area contributed by atoms with Crippen molar-refractivity contribution >= 4 is 0 Å². The van der Waals surface area contributed by atoms with Crippen molar-refractivity contribution < 1.29 is 18.3 Å². The van der Waals surface area contributed by atoms with Crippen LogP contribution in [0.1, 0.15) is 17.2 Å². The molecule has 2 aromatic rings. The minimum atomic E-state index is -0.880. The van der Waals surface area contributed by atoms with Crippen LogP contribution in [0.5, 0.6) is 11.5 Å². The zero-order chi connectivity index (χ0) is 14.1. The van der Waals surface area contributed by atoms with Crippen LogP contribution in [0.3, 0.4) is 0 Å². The second-order valence-electron chi connectivity index (χ2n) is 4.65. The molecule has 104 valence electrons. The van der Waals surface area contributed by atoms with E-state index >= 15 is 0 Å². The SMILES string of the molecule is NC1COc2cc(OCc3ccc(F)c(F)c3)ccc21. The lowest BCUT2D eigenvalue weighted by molar-refractivity contribution is 0.300. The largest absolute Gasteiger partial charge is 0.491 e. The first-order valence-corrected chi connectivity index (χ1v) is 6.22. The van der Waals surface area contributed by atoms with Crippen molar-refractivity contribution in [2.24, 2.45) is 5.73 Å². The van der Waals surface area contributed by atoms with Crippen LogP contribution in [0, 0.1) is 11.6 Å². The van der Waals surface area contributed by atoms with Gasteiger partial charge in [-0.15, -0.1) is 0 Å². The molecule has 5 heteroatoms. The van der Waals surface area contributed by atoms with Gasteiger partial charge in [0, 0.05) is 11.6 Å². The number of halogens is 2. The first-order valence-electron chi connectivity index (χ1n) is 6.22. The lowest BCUT2D eigenvalue weighted by atomic mass is 10.1. The van der Waals surface area contributed by atoms with Crippen LogP contribution in [0.2, 0.25) is 0 Å². The summed E-state index contributed by atoms with van der Waals surface area (Å²) in [5, 5.41) is 0. The molecule has 0 fully saturated rings. The molecule has 0 saturated carbocycles. The number of fused-ring (bicyclic) bond motifs is 1. The average Bonchev–Trinajstić information content (AvgIpc) is 2.81. The van der Waals surface area contributed by atoms with E-state index in [0.717, 1.165) is 17.7 Å². The van der Waals surface area contributed by atoms with E-state index in [9.17, 15) is 8.78 Å². The molecule has 1 atom stereocenters. The van der Waals surface area contributed by atoms with E-state index in [0.29, 0.717) is 23.7 Å². The molecule has 1 aliphatic rings. The molecule has 20 heavy (non-hydrogen) atoms. The van der Waals surface area contributed by atoms with Crippen LogP contribution in [-0.2, 0) is 6.61 Å². The van der Waals surface area contributed by atoms with E-state index in [1.165, 1.54) is 6.07 Å². The molecule has 0 saturated heterocycles. The van der Waals surface area contributed by atoms with Gasteiger partial charge in [0.2, 0.25) is 0 Å². The third-order valence-corrected chi connectivity index (χ3v) is 3.19. The number of benzene rings is 2. The second-order valence-corrected chi connectivity index (χ2v) is 4.65. The van der Waals surface area contributed by atoms with Gasteiger partial charge in [-0.2, -0.15) is 0 Å². The Labute approximate surface area is 114 Å². The van der Waals surface area contributed by atoms with Gasteiger partial charge < -0.3 is 15.2 Å². The summed E-state index contributed by atoms with van der Waals surface area (Å²) >= 11 is 0. The average molecular weight is 277 g/mol. The van der Waals surface area contributed by atoms with Crippen molar-refractivity contribution in [3.8, 4) is 11.5 Å². The maximum Gasteiger partial charge on any atom is 0.159 e. The van der Waals surface area contributed by atoms with E-state index in [2.05, 4.69) is 0 Å². The van der Waals surface area contributed by atoms with Gasteiger partial charge >= 0.3 is 0 Å². The molecule has 0 aromatic heterocycles. The summed E-state index contributed by atoms with van der Waals surface area (Å²) in [6.07, 6.45) is 0. The lowest BCUT2D eigenvalue weighted by Crippen LogP contribution is -2.10. The summed E-state index contributed by atoms with van der Waals surface area (Å²) in [5.74, 6) is -0.439. The predicted octanol–water partition coefficient (Wildman–Crippen LogP) is 2.94. The van der Waals surface area contributed by atoms with Gasteiger partial charge in [-0.25, -0.2) is 8.78 Å². The van der Waals surface area contributed by atoms with E-state index < -0.39 is 11.6 Å². The number of nitrogens with two attached hydrogens (primary N) is 1. The maximum absolute atomic E-state index is 13.1. The van der Waals surface area contributed by atoms with Crippen molar-refractivity contribution in [2.45, 2.75) is 12.6 Å². The molecule has 0 spiro atoms. The zero-order valence-corrected chi connectivity index (χ0v) is 10.6. The maximum atomic E-state index is 13.1. The minimum Gasteiger partial charge on any atom is -0.491 e. The van der Waals surface area contributed by atoms with Gasteiger partial charge in [0.1, 0.15) is 24.7 Å². The normalized spacial score (nSPS) is 16.6. The topological polar surface area (TPSA) is 44.5 Å². The van der Waals surface area contributed by atoms with E-state index in [1.54, 1.807) is 12.1 Å². The predicted molar refractivity (Wildman–Crippen MR) is 69.6 cm³/mol. The van der Waals surface area contributed by atoms with Crippen LogP contribution in [0.4, 0.5) is 8.78 Å². The second kappa shape index (κ2) is 5.09. The number of rotatable bonds is 3. The molecule has 2 aromatic carbocycles. The Morgan fingerprint density at radius 2 is 2.00 bits per heavy atom. The van der Waals surface area contributed by atoms with Crippen LogP contribution in [-0.4, -0.2) is 6.61 Å². The summed E-state index contributed by atoms with van der Waals surface area (Å²) in [6.45, 7) is 0.615. The Morgan fingerprint density at radius 3 is 2.80 bits per heavy atom. The molecule has 0 aliphatic carbocycles. The highest BCUT2D eigenvalue weighted by Gasteiger charge is 2.20. The molecule has 1 unspecified atom stereocenters. The molecule has 0 amide bonds. The summed E-state index contributed by atoms with van der Waals surface area (Å²) in [6, 6.07) is 8.97. The lowest BCUT2D eigenvalue weighted by Gasteiger charge is -2.08. The third-order valence-electron chi connectivity index (χ3n) is 3.19. The molecule has 3 rings (SSSR count). The number of hydrogen-bond acceptors (Lipinski definition) is 3. The summed E-state index contributed by atoms with van der Waals surface area (Å²) in [5.41, 5.74) is 7.36. The first kappa shape index (κ1) is 12.9. The zero-order valence-electron chi connectivity index (χ0n) is 10.6. The molecule has 0 radical (unpaired) electrons. The van der Waals surface area contributed by atoms with Crippen molar-refractivity contribution in [3.63, 3.8) is 0 Å². The van der Waals surface area contributed by atoms with Gasteiger partial charge in [0.05, 0.1) is 6.04 Å². The Hall–Kier alpha value is -2.14. The van der Waals surface area contributed by atoms with Gasteiger partial charge in [-0.1, -0.05) is 6.07 Å². The van der Waals surface area contributed by atoms with Crippen molar-refractivity contribution in [1.29, 1.82) is 0 Å². The quantitative estimate of drug-likeness (QED) is 0.938. The third kappa shape index (κ3) is 2.44. The standard InChI is InChI=1S/C15H13F2NO2/c16-12-4-1-9(5-13(12)17)7-19-10-2-3-11-14(18)8-20-15(11)6-10/h1-6,14H,7-8,18H2. The Balaban J connectivity index is 1.71. The number of ether oxygens (including phenoxy) is 2. The van der Waals surface area contributed by atoms with Gasteiger partial charge in [-0.3, -0.25) is 0 Å². The van der Waals surface area contributed by atoms with Crippen LogP contribution < -0.4 is 15.2 Å². The Morgan fingerprint density at radius 1 is 1.15 bits per heavy atom.